The van der Waals surface area contributed by atoms with Crippen molar-refractivity contribution in [2.24, 2.45) is 0 Å². The topological polar surface area (TPSA) is 88.1 Å². The second-order valence-electron chi connectivity index (χ2n) is 4.38. The highest BCUT2D eigenvalue weighted by Gasteiger charge is 2.32. The van der Waals surface area contributed by atoms with Gasteiger partial charge in [0.25, 0.3) is 0 Å². The van der Waals surface area contributed by atoms with Gasteiger partial charge in [0.2, 0.25) is 0 Å². The second-order valence-corrected chi connectivity index (χ2v) is 5.53. The number of hydrogen-bond acceptors (Lipinski definition) is 5. The number of carbonyl (C=O) groups excluding carboxylic acids is 1. The molecule has 0 aromatic heterocycles. The molecule has 2 amide bonds. The van der Waals surface area contributed by atoms with Crippen LogP contribution in [0.3, 0.4) is 0 Å². The van der Waals surface area contributed by atoms with E-state index in [0.29, 0.717) is 38.7 Å². The van der Waals surface area contributed by atoms with E-state index in [1.807, 2.05) is 0 Å². The smallest absolute Gasteiger partial charge is 0.327 e. The van der Waals surface area contributed by atoms with Crippen LogP contribution in [0.15, 0.2) is 0 Å². The molecule has 2 saturated heterocycles. The Morgan fingerprint density at radius 3 is 2.95 bits per heavy atom. The minimum Gasteiger partial charge on any atom is -0.480 e. The van der Waals surface area contributed by atoms with Gasteiger partial charge in [-0.15, -0.1) is 0 Å². The van der Waals surface area contributed by atoms with E-state index >= 15 is 0 Å². The van der Waals surface area contributed by atoms with Crippen molar-refractivity contribution in [2.45, 2.75) is 12.1 Å². The summed E-state index contributed by atoms with van der Waals surface area (Å²) in [7, 11) is 0. The van der Waals surface area contributed by atoms with Crippen LogP contribution in [0.2, 0.25) is 0 Å². The lowest BCUT2D eigenvalue weighted by Gasteiger charge is -2.33. The van der Waals surface area contributed by atoms with Gasteiger partial charge in [0.05, 0.1) is 25.9 Å². The first-order chi connectivity index (χ1) is 9.18. The van der Waals surface area contributed by atoms with Crippen molar-refractivity contribution in [3.05, 3.63) is 0 Å². The van der Waals surface area contributed by atoms with Crippen LogP contribution in [0.4, 0.5) is 4.79 Å². The molecule has 0 bridgehead atoms. The highest BCUT2D eigenvalue weighted by Crippen LogP contribution is 2.16. The van der Waals surface area contributed by atoms with Gasteiger partial charge in [-0.25, -0.2) is 9.59 Å². The van der Waals surface area contributed by atoms with Gasteiger partial charge < -0.3 is 24.8 Å². The van der Waals surface area contributed by atoms with E-state index in [1.54, 1.807) is 11.8 Å². The summed E-state index contributed by atoms with van der Waals surface area (Å²) in [5.41, 5.74) is 0. The van der Waals surface area contributed by atoms with Crippen LogP contribution in [0.25, 0.3) is 0 Å². The molecule has 0 aromatic rings. The third-order valence-corrected chi connectivity index (χ3v) is 4.06. The molecule has 2 unspecified atom stereocenters. The Balaban J connectivity index is 1.81. The lowest BCUT2D eigenvalue weighted by Crippen LogP contribution is -2.55. The van der Waals surface area contributed by atoms with Crippen molar-refractivity contribution in [1.82, 2.24) is 10.2 Å². The largest absolute Gasteiger partial charge is 0.480 e. The number of carboxylic acid groups (broad SMARTS) is 1. The number of thioether (sulfide) groups is 1. The molecule has 8 heteroatoms. The molecule has 0 aromatic carbocycles. The van der Waals surface area contributed by atoms with Gasteiger partial charge in [0, 0.05) is 24.6 Å². The number of urea groups is 1. The summed E-state index contributed by atoms with van der Waals surface area (Å²) in [6, 6.07) is -1.09. The van der Waals surface area contributed by atoms with Crippen molar-refractivity contribution < 1.29 is 24.2 Å². The molecule has 0 saturated carbocycles. The van der Waals surface area contributed by atoms with E-state index in [4.69, 9.17) is 14.6 Å². The number of nitrogens with one attached hydrogen (secondary N) is 1. The molecule has 0 spiro atoms. The Morgan fingerprint density at radius 1 is 1.42 bits per heavy atom. The molecule has 0 radical (unpaired) electrons. The summed E-state index contributed by atoms with van der Waals surface area (Å²) in [5, 5.41) is 11.8. The molecule has 19 heavy (non-hydrogen) atoms. The van der Waals surface area contributed by atoms with E-state index in [2.05, 4.69) is 5.32 Å². The highest BCUT2D eigenvalue weighted by atomic mass is 32.2. The number of aliphatic carboxylic acids is 1. The molecule has 0 aliphatic carbocycles. The number of rotatable bonds is 3. The minimum absolute atomic E-state index is 0.153. The van der Waals surface area contributed by atoms with Crippen molar-refractivity contribution >= 4 is 23.8 Å². The van der Waals surface area contributed by atoms with Crippen LogP contribution in [0.5, 0.6) is 0 Å². The summed E-state index contributed by atoms with van der Waals surface area (Å²) < 4.78 is 10.6. The Morgan fingerprint density at radius 2 is 2.26 bits per heavy atom. The maximum Gasteiger partial charge on any atom is 0.327 e. The fourth-order valence-corrected chi connectivity index (χ4v) is 3.05. The van der Waals surface area contributed by atoms with Crippen LogP contribution < -0.4 is 5.32 Å². The van der Waals surface area contributed by atoms with Gasteiger partial charge in [-0.1, -0.05) is 0 Å². The van der Waals surface area contributed by atoms with Crippen LogP contribution in [0, 0.1) is 0 Å². The van der Waals surface area contributed by atoms with Crippen molar-refractivity contribution in [3.63, 3.8) is 0 Å². The number of hydrogen-bond donors (Lipinski definition) is 2. The summed E-state index contributed by atoms with van der Waals surface area (Å²) in [6.45, 7) is 2.36. The minimum atomic E-state index is -0.959. The molecule has 2 aliphatic heterocycles. The predicted octanol–water partition coefficient (Wildman–Crippen LogP) is -0.387. The molecule has 2 aliphatic rings. The molecular formula is C11H18N2O5S. The third-order valence-electron chi connectivity index (χ3n) is 3.04. The first kappa shape index (κ1) is 14.4. The Labute approximate surface area is 115 Å². The zero-order chi connectivity index (χ0) is 13.7. The first-order valence-electron chi connectivity index (χ1n) is 6.23. The van der Waals surface area contributed by atoms with Crippen LogP contribution in [0.1, 0.15) is 0 Å². The number of carbonyl (C=O) groups is 2. The molecule has 2 rings (SSSR count). The highest BCUT2D eigenvalue weighted by molar-refractivity contribution is 7.99. The summed E-state index contributed by atoms with van der Waals surface area (Å²) >= 11 is 1.55. The van der Waals surface area contributed by atoms with E-state index in [0.717, 1.165) is 5.75 Å². The van der Waals surface area contributed by atoms with E-state index < -0.39 is 12.0 Å². The maximum absolute atomic E-state index is 12.0. The lowest BCUT2D eigenvalue weighted by atomic mass is 10.3. The molecule has 108 valence electrons. The quantitative estimate of drug-likeness (QED) is 0.736. The van der Waals surface area contributed by atoms with Crippen LogP contribution in [-0.4, -0.2) is 78.6 Å². The van der Waals surface area contributed by atoms with E-state index in [-0.39, 0.29) is 12.1 Å². The Bertz CT molecular complexity index is 335. The van der Waals surface area contributed by atoms with Gasteiger partial charge in [-0.05, 0) is 0 Å². The molecule has 2 atom stereocenters. The molecular weight excluding hydrogens is 272 g/mol. The summed E-state index contributed by atoms with van der Waals surface area (Å²) in [5.74, 6) is 0.242. The normalized spacial score (nSPS) is 27.9. The molecule has 2 heterocycles. The number of amides is 2. The van der Waals surface area contributed by atoms with Gasteiger partial charge in [0.1, 0.15) is 6.04 Å². The lowest BCUT2D eigenvalue weighted by molar-refractivity contribution is -0.141. The zero-order valence-corrected chi connectivity index (χ0v) is 11.4. The van der Waals surface area contributed by atoms with Crippen molar-refractivity contribution in [2.75, 3.05) is 44.4 Å². The fraction of sp³-hybridized carbons (Fsp3) is 0.818. The van der Waals surface area contributed by atoms with Gasteiger partial charge in [0.15, 0.2) is 0 Å². The van der Waals surface area contributed by atoms with Gasteiger partial charge in [-0.3, -0.25) is 0 Å². The summed E-state index contributed by atoms with van der Waals surface area (Å²) in [6.07, 6.45) is -0.153. The number of carboxylic acids is 1. The predicted molar refractivity (Wildman–Crippen MR) is 69.4 cm³/mol. The van der Waals surface area contributed by atoms with E-state index in [9.17, 15) is 9.59 Å². The zero-order valence-electron chi connectivity index (χ0n) is 10.5. The van der Waals surface area contributed by atoms with Crippen molar-refractivity contribution in [3.8, 4) is 0 Å². The second kappa shape index (κ2) is 6.97. The average Bonchev–Trinajstić information content (AvgIpc) is 2.46. The van der Waals surface area contributed by atoms with Crippen LogP contribution in [-0.2, 0) is 14.3 Å². The maximum atomic E-state index is 12.0. The molecule has 7 nitrogen and oxygen atoms in total. The van der Waals surface area contributed by atoms with Crippen LogP contribution >= 0.6 is 11.8 Å². The van der Waals surface area contributed by atoms with Crippen molar-refractivity contribution in [1.29, 1.82) is 0 Å². The standard InChI is InChI=1S/C11H18N2O5S/c14-10(15)9-7-19-4-1-13(9)11(16)12-5-8-6-17-2-3-18-8/h8-9H,1-7H2,(H,12,16)(H,14,15). The van der Waals surface area contributed by atoms with Gasteiger partial charge >= 0.3 is 12.0 Å². The third kappa shape index (κ3) is 3.99. The van der Waals surface area contributed by atoms with E-state index in [1.165, 1.54) is 4.90 Å². The summed E-state index contributed by atoms with van der Waals surface area (Å²) in [4.78, 5) is 24.5. The molecule has 2 N–H and O–H groups in total. The first-order valence-corrected chi connectivity index (χ1v) is 7.38. The SMILES string of the molecule is O=C(O)C1CSCCN1C(=O)NCC1COCCO1. The van der Waals surface area contributed by atoms with Gasteiger partial charge in [-0.2, -0.15) is 11.8 Å². The molecule has 2 fully saturated rings. The monoisotopic (exact) mass is 290 g/mol. The fourth-order valence-electron chi connectivity index (χ4n) is 2.01. The Hall–Kier alpha value is -0.990. The average molecular weight is 290 g/mol. The Kier molecular flexibility index (Phi) is 5.29. The number of ether oxygens (including phenoxy) is 2. The number of nitrogens with zero attached hydrogens (tertiary/aromatic N) is 1.